The van der Waals surface area contributed by atoms with Crippen molar-refractivity contribution < 1.29 is 18.4 Å². The fourth-order valence-corrected chi connectivity index (χ4v) is 3.27. The molecule has 22 heavy (non-hydrogen) atoms. The summed E-state index contributed by atoms with van der Waals surface area (Å²) in [5.41, 5.74) is 0.401. The highest BCUT2D eigenvalue weighted by molar-refractivity contribution is 5.89. The Morgan fingerprint density at radius 3 is 2.41 bits per heavy atom. The molecule has 7 heteroatoms. The van der Waals surface area contributed by atoms with Crippen LogP contribution in [-0.2, 0) is 11.3 Å². The van der Waals surface area contributed by atoms with Crippen LogP contribution in [-0.4, -0.2) is 58.9 Å². The van der Waals surface area contributed by atoms with Gasteiger partial charge in [0.25, 0.3) is 0 Å². The molecule has 118 valence electrons. The van der Waals surface area contributed by atoms with Crippen LogP contribution in [0.5, 0.6) is 0 Å². The van der Waals surface area contributed by atoms with Gasteiger partial charge in [-0.2, -0.15) is 0 Å². The Balaban J connectivity index is 1.80. The summed E-state index contributed by atoms with van der Waals surface area (Å²) in [5.74, 6) is -1.42. The van der Waals surface area contributed by atoms with Crippen molar-refractivity contribution in [2.75, 3.05) is 20.1 Å². The molecule has 0 spiro atoms. The lowest BCUT2D eigenvalue weighted by atomic mass is 10.1. The molecular formula is C15H17F2N3O2. The number of nitrogens with zero attached hydrogens (tertiary/aromatic N) is 3. The van der Waals surface area contributed by atoms with E-state index in [2.05, 4.69) is 0 Å². The molecule has 2 atom stereocenters. The first-order valence-electron chi connectivity index (χ1n) is 7.14. The predicted octanol–water partition coefficient (Wildman–Crippen LogP) is 1.43. The van der Waals surface area contributed by atoms with Crippen molar-refractivity contribution in [3.05, 3.63) is 35.4 Å². The molecule has 1 aromatic carbocycles. The van der Waals surface area contributed by atoms with E-state index in [4.69, 9.17) is 0 Å². The maximum Gasteiger partial charge on any atom is 0.321 e. The van der Waals surface area contributed by atoms with Gasteiger partial charge in [-0.25, -0.2) is 13.6 Å². The molecule has 3 rings (SSSR count). The maximum absolute atomic E-state index is 13.3. The molecule has 0 aliphatic carbocycles. The van der Waals surface area contributed by atoms with Crippen LogP contribution in [0.1, 0.15) is 12.5 Å². The predicted molar refractivity (Wildman–Crippen MR) is 74.9 cm³/mol. The van der Waals surface area contributed by atoms with Crippen molar-refractivity contribution in [2.24, 2.45) is 0 Å². The smallest absolute Gasteiger partial charge is 0.321 e. The van der Waals surface area contributed by atoms with E-state index >= 15 is 0 Å². The Labute approximate surface area is 127 Å². The number of piperazine rings is 1. The van der Waals surface area contributed by atoms with E-state index in [1.54, 1.807) is 23.8 Å². The number of hydrogen-bond acceptors (Lipinski definition) is 2. The highest BCUT2D eigenvalue weighted by atomic mass is 19.1. The first kappa shape index (κ1) is 14.7. The van der Waals surface area contributed by atoms with Crippen molar-refractivity contribution in [1.29, 1.82) is 0 Å². The summed E-state index contributed by atoms with van der Waals surface area (Å²) in [5, 5.41) is 0. The first-order valence-corrected chi connectivity index (χ1v) is 7.14. The van der Waals surface area contributed by atoms with Crippen LogP contribution in [0, 0.1) is 11.6 Å². The summed E-state index contributed by atoms with van der Waals surface area (Å²) < 4.78 is 26.5. The third-order valence-corrected chi connectivity index (χ3v) is 4.25. The van der Waals surface area contributed by atoms with Gasteiger partial charge in [-0.05, 0) is 24.6 Å². The average Bonchev–Trinajstić information content (AvgIpc) is 2.71. The van der Waals surface area contributed by atoms with Gasteiger partial charge in [0.15, 0.2) is 0 Å². The number of rotatable bonds is 2. The van der Waals surface area contributed by atoms with Crippen LogP contribution in [0.4, 0.5) is 13.6 Å². The highest BCUT2D eigenvalue weighted by Gasteiger charge is 2.46. The number of carbonyl (C=O) groups is 2. The van der Waals surface area contributed by atoms with Crippen LogP contribution >= 0.6 is 0 Å². The highest BCUT2D eigenvalue weighted by Crippen LogP contribution is 2.26. The van der Waals surface area contributed by atoms with Crippen molar-refractivity contribution in [2.45, 2.75) is 25.6 Å². The van der Waals surface area contributed by atoms with Crippen LogP contribution < -0.4 is 0 Å². The summed E-state index contributed by atoms with van der Waals surface area (Å²) >= 11 is 0. The topological polar surface area (TPSA) is 43.9 Å². The Morgan fingerprint density at radius 1 is 1.14 bits per heavy atom. The van der Waals surface area contributed by atoms with E-state index in [1.165, 1.54) is 17.0 Å². The second kappa shape index (κ2) is 5.23. The molecule has 2 aliphatic heterocycles. The van der Waals surface area contributed by atoms with Gasteiger partial charge >= 0.3 is 6.03 Å². The molecule has 0 radical (unpaired) electrons. The molecule has 0 bridgehead atoms. The number of amides is 3. The Bertz CT molecular complexity index is 617. The summed E-state index contributed by atoms with van der Waals surface area (Å²) in [7, 11) is 1.71. The van der Waals surface area contributed by atoms with Gasteiger partial charge in [0.05, 0.1) is 6.04 Å². The zero-order chi connectivity index (χ0) is 16.0. The number of halogens is 2. The van der Waals surface area contributed by atoms with Crippen LogP contribution in [0.3, 0.4) is 0 Å². The van der Waals surface area contributed by atoms with Gasteiger partial charge in [0.1, 0.15) is 17.7 Å². The molecule has 5 nitrogen and oxygen atoms in total. The van der Waals surface area contributed by atoms with Gasteiger partial charge in [-0.3, -0.25) is 4.79 Å². The van der Waals surface area contributed by atoms with Gasteiger partial charge in [-0.1, -0.05) is 0 Å². The third kappa shape index (κ3) is 2.40. The number of urea groups is 1. The second-order valence-corrected chi connectivity index (χ2v) is 5.90. The van der Waals surface area contributed by atoms with Gasteiger partial charge in [0.2, 0.25) is 5.91 Å². The molecule has 2 fully saturated rings. The Morgan fingerprint density at radius 2 is 1.77 bits per heavy atom. The van der Waals surface area contributed by atoms with Crippen molar-refractivity contribution >= 4 is 11.9 Å². The Kier molecular flexibility index (Phi) is 3.50. The zero-order valence-electron chi connectivity index (χ0n) is 12.4. The lowest BCUT2D eigenvalue weighted by Gasteiger charge is -2.38. The molecular weight excluding hydrogens is 292 g/mol. The number of fused-ring (bicyclic) bond motifs is 1. The summed E-state index contributed by atoms with van der Waals surface area (Å²) in [4.78, 5) is 29.2. The minimum Gasteiger partial charge on any atom is -0.342 e. The SMILES string of the molecule is C[C@H]1C(=O)N(C)C[C@H]2CN(Cc3cc(F)cc(F)c3)C(=O)N21. The zero-order valence-corrected chi connectivity index (χ0v) is 12.4. The summed E-state index contributed by atoms with van der Waals surface area (Å²) in [6, 6.07) is 2.38. The van der Waals surface area contributed by atoms with E-state index in [1.807, 2.05) is 0 Å². The lowest BCUT2D eigenvalue weighted by molar-refractivity contribution is -0.139. The second-order valence-electron chi connectivity index (χ2n) is 5.90. The molecule has 0 aromatic heterocycles. The van der Waals surface area contributed by atoms with Crippen molar-refractivity contribution in [1.82, 2.24) is 14.7 Å². The van der Waals surface area contributed by atoms with E-state index < -0.39 is 17.7 Å². The number of benzene rings is 1. The number of likely N-dealkylation sites (N-methyl/N-ethyl adjacent to an activating group) is 1. The van der Waals surface area contributed by atoms with Crippen LogP contribution in [0.25, 0.3) is 0 Å². The Hall–Kier alpha value is -2.18. The summed E-state index contributed by atoms with van der Waals surface area (Å²) in [6.45, 7) is 2.75. The third-order valence-electron chi connectivity index (χ3n) is 4.25. The van der Waals surface area contributed by atoms with E-state index in [-0.39, 0.29) is 24.5 Å². The summed E-state index contributed by atoms with van der Waals surface area (Å²) in [6.07, 6.45) is 0. The average molecular weight is 309 g/mol. The standard InChI is InChI=1S/C15H17F2N3O2/c1-9-14(21)18(2)7-13-8-19(15(22)20(9)13)6-10-3-11(16)5-12(17)4-10/h3-5,9,13H,6-8H2,1-2H3/t9-,13-/m0/s1. The molecule has 0 N–H and O–H groups in total. The quantitative estimate of drug-likeness (QED) is 0.829. The fraction of sp³-hybridized carbons (Fsp3) is 0.467. The van der Waals surface area contributed by atoms with Gasteiger partial charge < -0.3 is 14.7 Å². The molecule has 2 heterocycles. The molecule has 3 amide bonds. The first-order chi connectivity index (χ1) is 10.4. The van der Waals surface area contributed by atoms with Gasteiger partial charge in [0, 0.05) is 32.7 Å². The fourth-order valence-electron chi connectivity index (χ4n) is 3.27. The van der Waals surface area contributed by atoms with E-state index in [0.717, 1.165) is 6.07 Å². The molecule has 2 saturated heterocycles. The van der Waals surface area contributed by atoms with E-state index in [9.17, 15) is 18.4 Å². The maximum atomic E-state index is 13.3. The minimum atomic E-state index is -0.664. The largest absolute Gasteiger partial charge is 0.342 e. The lowest BCUT2D eigenvalue weighted by Crippen LogP contribution is -2.58. The normalized spacial score (nSPS) is 25.0. The molecule has 0 saturated carbocycles. The van der Waals surface area contributed by atoms with Gasteiger partial charge in [-0.15, -0.1) is 0 Å². The van der Waals surface area contributed by atoms with E-state index in [0.29, 0.717) is 18.7 Å². The minimum absolute atomic E-state index is 0.0800. The molecule has 2 aliphatic rings. The molecule has 0 unspecified atom stereocenters. The molecule has 1 aromatic rings. The van der Waals surface area contributed by atoms with Crippen LogP contribution in [0.15, 0.2) is 18.2 Å². The number of hydrogen-bond donors (Lipinski definition) is 0. The number of carbonyl (C=O) groups excluding carboxylic acids is 2. The van der Waals surface area contributed by atoms with Crippen LogP contribution in [0.2, 0.25) is 0 Å². The monoisotopic (exact) mass is 309 g/mol. The van der Waals surface area contributed by atoms with Crippen molar-refractivity contribution in [3.8, 4) is 0 Å². The van der Waals surface area contributed by atoms with Crippen molar-refractivity contribution in [3.63, 3.8) is 0 Å².